The first-order valence-corrected chi connectivity index (χ1v) is 4.92. The Bertz CT molecular complexity index is 431. The van der Waals surface area contributed by atoms with Crippen LogP contribution < -0.4 is 0 Å². The highest BCUT2D eigenvalue weighted by molar-refractivity contribution is 5.58. The maximum atomic E-state index is 8.74. The molecule has 2 aromatic rings. The molecule has 0 saturated carbocycles. The molecule has 0 aliphatic rings. The van der Waals surface area contributed by atoms with E-state index < -0.39 is 0 Å². The second-order valence-electron chi connectivity index (χ2n) is 3.47. The first kappa shape index (κ1) is 9.93. The zero-order chi connectivity index (χ0) is 10.7. The van der Waals surface area contributed by atoms with Gasteiger partial charge in [0.2, 0.25) is 0 Å². The number of nitrogens with zero attached hydrogens (tertiary/aromatic N) is 1. The van der Waals surface area contributed by atoms with Gasteiger partial charge in [-0.15, -0.1) is 0 Å². The van der Waals surface area contributed by atoms with Crippen LogP contribution in [0.5, 0.6) is 0 Å². The van der Waals surface area contributed by atoms with Gasteiger partial charge in [-0.1, -0.05) is 29.8 Å². The molecule has 0 aliphatic heterocycles. The lowest BCUT2D eigenvalue weighted by Crippen LogP contribution is -1.90. The van der Waals surface area contributed by atoms with E-state index in [2.05, 4.69) is 4.98 Å². The molecule has 1 aromatic carbocycles. The summed E-state index contributed by atoms with van der Waals surface area (Å²) in [6.07, 6.45) is 2.08. The average Bonchev–Trinajstić information content (AvgIpc) is 2.68. The molecule has 3 nitrogen and oxygen atoms in total. The van der Waals surface area contributed by atoms with E-state index in [0.29, 0.717) is 12.3 Å². The van der Waals surface area contributed by atoms with Crippen LogP contribution in [0.15, 0.2) is 34.9 Å². The van der Waals surface area contributed by atoms with Crippen LogP contribution in [0.2, 0.25) is 0 Å². The molecule has 2 rings (SSSR count). The molecule has 0 spiro atoms. The highest BCUT2D eigenvalue weighted by Gasteiger charge is 2.04. The number of hydrogen-bond acceptors (Lipinski definition) is 3. The number of aryl methyl sites for hydroxylation is 1. The predicted octanol–water partition coefficient (Wildman–Crippen LogP) is 2.18. The second-order valence-corrected chi connectivity index (χ2v) is 3.47. The molecule has 78 valence electrons. The smallest absolute Gasteiger partial charge is 0.196 e. The van der Waals surface area contributed by atoms with Crippen molar-refractivity contribution in [2.75, 3.05) is 6.61 Å². The van der Waals surface area contributed by atoms with E-state index in [-0.39, 0.29) is 6.61 Å². The van der Waals surface area contributed by atoms with E-state index in [1.165, 1.54) is 5.56 Å². The third-order valence-electron chi connectivity index (χ3n) is 2.22. The van der Waals surface area contributed by atoms with Crippen molar-refractivity contribution in [2.45, 2.75) is 13.3 Å². The number of oxazole rings is 1. The predicted molar refractivity (Wildman–Crippen MR) is 57.5 cm³/mol. The molecule has 0 bridgehead atoms. The molecule has 0 radical (unpaired) electrons. The van der Waals surface area contributed by atoms with Gasteiger partial charge in [0.15, 0.2) is 5.89 Å². The van der Waals surface area contributed by atoms with Crippen molar-refractivity contribution in [1.82, 2.24) is 4.98 Å². The maximum absolute atomic E-state index is 8.74. The fourth-order valence-corrected chi connectivity index (χ4v) is 1.38. The van der Waals surface area contributed by atoms with Crippen molar-refractivity contribution in [3.63, 3.8) is 0 Å². The zero-order valence-electron chi connectivity index (χ0n) is 8.60. The number of hydrogen-bond donors (Lipinski definition) is 1. The highest BCUT2D eigenvalue weighted by Crippen LogP contribution is 2.19. The molecule has 0 saturated heterocycles. The molecule has 0 fully saturated rings. The van der Waals surface area contributed by atoms with E-state index in [1.807, 2.05) is 31.2 Å². The van der Waals surface area contributed by atoms with Gasteiger partial charge in [0.1, 0.15) is 12.0 Å². The van der Waals surface area contributed by atoms with Crippen LogP contribution in [0.25, 0.3) is 11.3 Å². The fraction of sp³-hybridized carbons (Fsp3) is 0.250. The Kier molecular flexibility index (Phi) is 2.83. The summed E-state index contributed by atoms with van der Waals surface area (Å²) in [5, 5.41) is 8.74. The van der Waals surface area contributed by atoms with Gasteiger partial charge in [-0.05, 0) is 6.92 Å². The molecule has 0 unspecified atom stereocenters. The maximum Gasteiger partial charge on any atom is 0.196 e. The largest absolute Gasteiger partial charge is 0.448 e. The van der Waals surface area contributed by atoms with Crippen LogP contribution in [0, 0.1) is 6.92 Å². The fourth-order valence-electron chi connectivity index (χ4n) is 1.38. The van der Waals surface area contributed by atoms with Crippen molar-refractivity contribution < 1.29 is 9.52 Å². The van der Waals surface area contributed by atoms with Crippen LogP contribution in [-0.2, 0) is 6.42 Å². The van der Waals surface area contributed by atoms with Gasteiger partial charge in [-0.25, -0.2) is 4.98 Å². The molecule has 0 atom stereocenters. The molecular weight excluding hydrogens is 190 g/mol. The van der Waals surface area contributed by atoms with Gasteiger partial charge < -0.3 is 9.52 Å². The quantitative estimate of drug-likeness (QED) is 0.831. The Hall–Kier alpha value is -1.61. The van der Waals surface area contributed by atoms with Crippen molar-refractivity contribution in [3.8, 4) is 11.3 Å². The minimum Gasteiger partial charge on any atom is -0.448 e. The summed E-state index contributed by atoms with van der Waals surface area (Å²) in [6, 6.07) is 8.09. The summed E-state index contributed by atoms with van der Waals surface area (Å²) in [7, 11) is 0. The SMILES string of the molecule is Cc1ccc(-c2coc(CCO)n2)cc1. The summed E-state index contributed by atoms with van der Waals surface area (Å²) in [5.41, 5.74) is 3.07. The summed E-state index contributed by atoms with van der Waals surface area (Å²) in [4.78, 5) is 4.27. The first-order chi connectivity index (χ1) is 7.29. The van der Waals surface area contributed by atoms with E-state index in [0.717, 1.165) is 11.3 Å². The molecule has 1 heterocycles. The molecule has 3 heteroatoms. The van der Waals surface area contributed by atoms with Crippen molar-refractivity contribution in [2.24, 2.45) is 0 Å². The van der Waals surface area contributed by atoms with Crippen molar-refractivity contribution in [1.29, 1.82) is 0 Å². The zero-order valence-corrected chi connectivity index (χ0v) is 8.60. The van der Waals surface area contributed by atoms with Crippen LogP contribution in [0.1, 0.15) is 11.5 Å². The molecular formula is C12H13NO2. The van der Waals surface area contributed by atoms with Gasteiger partial charge >= 0.3 is 0 Å². The van der Waals surface area contributed by atoms with Crippen LogP contribution in [0.4, 0.5) is 0 Å². The molecule has 0 amide bonds. The highest BCUT2D eigenvalue weighted by atomic mass is 16.3. The van der Waals surface area contributed by atoms with E-state index >= 15 is 0 Å². The topological polar surface area (TPSA) is 46.3 Å². The number of aromatic nitrogens is 1. The first-order valence-electron chi connectivity index (χ1n) is 4.92. The van der Waals surface area contributed by atoms with Crippen molar-refractivity contribution >= 4 is 0 Å². The molecule has 0 aliphatic carbocycles. The average molecular weight is 203 g/mol. The van der Waals surface area contributed by atoms with Crippen LogP contribution >= 0.6 is 0 Å². The summed E-state index contributed by atoms with van der Waals surface area (Å²) in [6.45, 7) is 2.11. The minimum atomic E-state index is 0.0633. The lowest BCUT2D eigenvalue weighted by molar-refractivity contribution is 0.285. The number of benzene rings is 1. The van der Waals surface area contributed by atoms with Gasteiger partial charge in [-0.2, -0.15) is 0 Å². The third-order valence-corrected chi connectivity index (χ3v) is 2.22. The van der Waals surface area contributed by atoms with Gasteiger partial charge in [0.25, 0.3) is 0 Å². The Balaban J connectivity index is 2.25. The Morgan fingerprint density at radius 3 is 2.67 bits per heavy atom. The van der Waals surface area contributed by atoms with Crippen LogP contribution in [0.3, 0.4) is 0 Å². The molecule has 15 heavy (non-hydrogen) atoms. The summed E-state index contributed by atoms with van der Waals surface area (Å²) >= 11 is 0. The van der Waals surface area contributed by atoms with Gasteiger partial charge in [0, 0.05) is 12.0 Å². The second kappa shape index (κ2) is 4.28. The number of aliphatic hydroxyl groups excluding tert-OH is 1. The molecule has 1 aromatic heterocycles. The van der Waals surface area contributed by atoms with Gasteiger partial charge in [0.05, 0.1) is 6.61 Å². The summed E-state index contributed by atoms with van der Waals surface area (Å²) < 4.78 is 5.22. The lowest BCUT2D eigenvalue weighted by atomic mass is 10.1. The number of rotatable bonds is 3. The Labute approximate surface area is 88.4 Å². The molecule has 1 N–H and O–H groups in total. The summed E-state index contributed by atoms with van der Waals surface area (Å²) in [5.74, 6) is 0.577. The van der Waals surface area contributed by atoms with Crippen LogP contribution in [-0.4, -0.2) is 16.7 Å². The van der Waals surface area contributed by atoms with Crippen molar-refractivity contribution in [3.05, 3.63) is 42.0 Å². The van der Waals surface area contributed by atoms with Gasteiger partial charge in [-0.3, -0.25) is 0 Å². The monoisotopic (exact) mass is 203 g/mol. The minimum absolute atomic E-state index is 0.0633. The normalized spacial score (nSPS) is 10.5. The number of aliphatic hydroxyl groups is 1. The van der Waals surface area contributed by atoms with E-state index in [1.54, 1.807) is 6.26 Å². The van der Waals surface area contributed by atoms with E-state index in [4.69, 9.17) is 9.52 Å². The lowest BCUT2D eigenvalue weighted by Gasteiger charge is -1.95. The Morgan fingerprint density at radius 2 is 2.00 bits per heavy atom. The van der Waals surface area contributed by atoms with E-state index in [9.17, 15) is 0 Å². The standard InChI is InChI=1S/C12H13NO2/c1-9-2-4-10(5-3-9)11-8-15-12(13-11)6-7-14/h2-5,8,14H,6-7H2,1H3. The third kappa shape index (κ3) is 2.25. The Morgan fingerprint density at radius 1 is 1.27 bits per heavy atom.